The molecule has 0 N–H and O–H groups in total. The highest BCUT2D eigenvalue weighted by atomic mass is 32.2. The number of carbonyl (C=O) groups excluding carboxylic acids is 1. The first-order valence-corrected chi connectivity index (χ1v) is 13.8. The molecular weight excluding hydrogens is 521 g/mol. The monoisotopic (exact) mass is 546 g/mol. The van der Waals surface area contributed by atoms with Gasteiger partial charge in [0.15, 0.2) is 9.84 Å². The Morgan fingerprint density at radius 2 is 1.58 bits per heavy atom. The summed E-state index contributed by atoms with van der Waals surface area (Å²) in [6.45, 7) is 1.06. The van der Waals surface area contributed by atoms with Gasteiger partial charge in [0.1, 0.15) is 17.6 Å². The number of fused-ring (bicyclic) bond motifs is 3. The third-order valence-electron chi connectivity index (χ3n) is 6.60. The van der Waals surface area contributed by atoms with Gasteiger partial charge in [-0.2, -0.15) is 0 Å². The smallest absolute Gasteiger partial charge is 0.487 e. The van der Waals surface area contributed by atoms with Gasteiger partial charge in [-0.25, -0.2) is 8.42 Å². The first-order valence-electron chi connectivity index (χ1n) is 11.9. The Balaban J connectivity index is 1.40. The van der Waals surface area contributed by atoms with E-state index in [9.17, 15) is 26.4 Å². The minimum Gasteiger partial charge on any atom is -0.487 e. The second kappa shape index (κ2) is 9.95. The van der Waals surface area contributed by atoms with E-state index in [1.165, 1.54) is 24.3 Å². The molecule has 2 aliphatic heterocycles. The Hall–Kier alpha value is -3.57. The van der Waals surface area contributed by atoms with Crippen LogP contribution in [0.25, 0.3) is 0 Å². The van der Waals surface area contributed by atoms with Gasteiger partial charge in [0.05, 0.1) is 23.2 Å². The van der Waals surface area contributed by atoms with Gasteiger partial charge in [-0.05, 0) is 47.5 Å². The van der Waals surface area contributed by atoms with Crippen molar-refractivity contribution in [1.82, 2.24) is 4.90 Å². The summed E-state index contributed by atoms with van der Waals surface area (Å²) in [5.74, 6) is 0.0722. The summed E-state index contributed by atoms with van der Waals surface area (Å²) in [4.78, 5) is 17.8. The zero-order valence-electron chi connectivity index (χ0n) is 20.4. The molecule has 2 aliphatic rings. The lowest BCUT2D eigenvalue weighted by Crippen LogP contribution is -2.45. The fourth-order valence-electron chi connectivity index (χ4n) is 4.86. The number of carbonyl (C=O) groups is 1. The Morgan fingerprint density at radius 1 is 0.947 bits per heavy atom. The molecule has 3 aromatic carbocycles. The van der Waals surface area contributed by atoms with Crippen LogP contribution >= 0.6 is 0 Å². The van der Waals surface area contributed by atoms with Crippen molar-refractivity contribution in [3.8, 4) is 11.5 Å². The quantitative estimate of drug-likeness (QED) is 0.452. The number of para-hydroxylation sites is 2. The summed E-state index contributed by atoms with van der Waals surface area (Å²) < 4.78 is 71.5. The first-order chi connectivity index (χ1) is 18.0. The molecule has 11 heteroatoms. The van der Waals surface area contributed by atoms with E-state index in [0.717, 1.165) is 11.8 Å². The Kier molecular flexibility index (Phi) is 6.83. The number of nitrogens with zero attached hydrogens (tertiary/aromatic N) is 2. The highest BCUT2D eigenvalue weighted by Gasteiger charge is 2.43. The fraction of sp³-hybridized carbons (Fsp3) is 0.296. The minimum absolute atomic E-state index is 0.129. The molecule has 2 atom stereocenters. The number of anilines is 1. The van der Waals surface area contributed by atoms with E-state index in [2.05, 4.69) is 4.74 Å². The van der Waals surface area contributed by atoms with Crippen molar-refractivity contribution >= 4 is 21.4 Å². The van der Waals surface area contributed by atoms with Crippen LogP contribution in [0.2, 0.25) is 0 Å². The number of hydrogen-bond acceptors (Lipinski definition) is 6. The molecule has 2 bridgehead atoms. The highest BCUT2D eigenvalue weighted by Crippen LogP contribution is 2.37. The molecule has 0 aliphatic carbocycles. The van der Waals surface area contributed by atoms with E-state index >= 15 is 0 Å². The number of sulfone groups is 1. The van der Waals surface area contributed by atoms with Crippen LogP contribution in [0.3, 0.4) is 0 Å². The largest absolute Gasteiger partial charge is 0.573 e. The van der Waals surface area contributed by atoms with Gasteiger partial charge < -0.3 is 14.4 Å². The van der Waals surface area contributed by atoms with E-state index in [1.54, 1.807) is 47.4 Å². The second-order valence-corrected chi connectivity index (χ2v) is 11.4. The maximum Gasteiger partial charge on any atom is 0.573 e. The molecule has 0 spiro atoms. The van der Waals surface area contributed by atoms with Crippen molar-refractivity contribution in [1.29, 1.82) is 0 Å². The normalized spacial score (nSPS) is 19.9. The molecule has 7 nitrogen and oxygen atoms in total. The number of benzene rings is 3. The molecule has 1 saturated heterocycles. The molecule has 38 heavy (non-hydrogen) atoms. The van der Waals surface area contributed by atoms with Gasteiger partial charge in [-0.3, -0.25) is 9.69 Å². The van der Waals surface area contributed by atoms with Crippen LogP contribution in [0.1, 0.15) is 17.5 Å². The van der Waals surface area contributed by atoms with Crippen LogP contribution in [-0.2, 0) is 27.7 Å². The lowest BCUT2D eigenvalue weighted by atomic mass is 10.1. The summed E-state index contributed by atoms with van der Waals surface area (Å²) in [6.07, 6.45) is -3.37. The summed E-state index contributed by atoms with van der Waals surface area (Å²) >= 11 is 0. The van der Waals surface area contributed by atoms with E-state index in [4.69, 9.17) is 4.74 Å². The fourth-order valence-corrected chi connectivity index (χ4v) is 5.49. The summed E-state index contributed by atoms with van der Waals surface area (Å²) in [5, 5.41) is 0. The molecule has 2 unspecified atom stereocenters. The van der Waals surface area contributed by atoms with Crippen LogP contribution < -0.4 is 14.4 Å². The molecule has 1 fully saturated rings. The molecule has 1 amide bonds. The van der Waals surface area contributed by atoms with Crippen molar-refractivity contribution in [3.63, 3.8) is 0 Å². The topological polar surface area (TPSA) is 76.2 Å². The number of likely N-dealkylation sites (tertiary alicyclic amines) is 1. The van der Waals surface area contributed by atoms with Gasteiger partial charge in [0.2, 0.25) is 5.91 Å². The van der Waals surface area contributed by atoms with Gasteiger partial charge in [-0.1, -0.05) is 36.4 Å². The number of rotatable bonds is 6. The number of amides is 1. The highest BCUT2D eigenvalue weighted by molar-refractivity contribution is 7.90. The first kappa shape index (κ1) is 26.1. The zero-order chi connectivity index (χ0) is 27.1. The van der Waals surface area contributed by atoms with Crippen molar-refractivity contribution in [2.75, 3.05) is 17.7 Å². The van der Waals surface area contributed by atoms with Gasteiger partial charge in [0, 0.05) is 25.8 Å². The maximum absolute atomic E-state index is 13.9. The average Bonchev–Trinajstić information content (AvgIpc) is 3.25. The lowest BCUT2D eigenvalue weighted by molar-refractivity contribution is -0.274. The van der Waals surface area contributed by atoms with E-state index in [1.807, 2.05) is 11.0 Å². The molecule has 0 radical (unpaired) electrons. The summed E-state index contributed by atoms with van der Waals surface area (Å²) in [6, 6.07) is 18.7. The Morgan fingerprint density at radius 3 is 2.24 bits per heavy atom. The number of ether oxygens (including phenoxy) is 2. The predicted molar refractivity (Wildman–Crippen MR) is 134 cm³/mol. The number of hydrogen-bond donors (Lipinski definition) is 0. The number of alkyl halides is 3. The van der Waals surface area contributed by atoms with Crippen molar-refractivity contribution in [3.05, 3.63) is 83.9 Å². The van der Waals surface area contributed by atoms with Crippen molar-refractivity contribution in [2.24, 2.45) is 0 Å². The number of halogens is 3. The zero-order valence-corrected chi connectivity index (χ0v) is 21.2. The lowest BCUT2D eigenvalue weighted by Gasteiger charge is -2.32. The molecular formula is C27H25F3N2O5S. The van der Waals surface area contributed by atoms with Gasteiger partial charge in [0.25, 0.3) is 0 Å². The third kappa shape index (κ3) is 5.78. The molecule has 5 rings (SSSR count). The maximum atomic E-state index is 13.9. The van der Waals surface area contributed by atoms with Crippen LogP contribution in [0, 0.1) is 0 Å². The SMILES string of the molecule is CS(=O)(=O)c1ccc(CN2CC3CC2C(=O)N(Cc2ccc(OC(F)(F)F)cc2)c2ccccc2O3)cc1. The van der Waals surface area contributed by atoms with Crippen molar-refractivity contribution < 1.29 is 35.9 Å². The van der Waals surface area contributed by atoms with Crippen LogP contribution in [-0.4, -0.2) is 50.5 Å². The van der Waals surface area contributed by atoms with Crippen LogP contribution in [0.5, 0.6) is 11.5 Å². The van der Waals surface area contributed by atoms with E-state index < -0.39 is 22.2 Å². The minimum atomic E-state index is -4.79. The molecule has 0 saturated carbocycles. The van der Waals surface area contributed by atoms with E-state index in [-0.39, 0.29) is 29.2 Å². The third-order valence-corrected chi connectivity index (χ3v) is 7.73. The average molecular weight is 547 g/mol. The second-order valence-electron chi connectivity index (χ2n) is 9.42. The predicted octanol–water partition coefficient (Wildman–Crippen LogP) is 4.56. The van der Waals surface area contributed by atoms with Crippen LogP contribution in [0.4, 0.5) is 18.9 Å². The molecule has 0 aromatic heterocycles. The Bertz CT molecular complexity index is 1430. The molecule has 3 aromatic rings. The summed E-state index contributed by atoms with van der Waals surface area (Å²) in [7, 11) is -3.32. The van der Waals surface area contributed by atoms with Gasteiger partial charge in [-0.15, -0.1) is 13.2 Å². The van der Waals surface area contributed by atoms with Gasteiger partial charge >= 0.3 is 6.36 Å². The summed E-state index contributed by atoms with van der Waals surface area (Å²) in [5.41, 5.74) is 2.07. The Labute approximate surface area is 218 Å². The van der Waals surface area contributed by atoms with Crippen LogP contribution in [0.15, 0.2) is 77.7 Å². The van der Waals surface area contributed by atoms with E-state index in [0.29, 0.717) is 36.5 Å². The molecule has 2 heterocycles. The van der Waals surface area contributed by atoms with Crippen molar-refractivity contribution in [2.45, 2.75) is 42.9 Å². The standard InChI is InChI=1S/C27H25F3N2O5S/c1-38(34,35)22-12-8-18(9-13-22)15-31-17-21-14-24(31)26(33)32(23-4-2-3-5-25(23)36-21)16-19-6-10-20(11-7-19)37-27(28,29)30/h2-13,21,24H,14-17H2,1H3. The molecule has 200 valence electrons.